The molecule has 1 N–H and O–H groups in total. The van der Waals surface area contributed by atoms with Crippen LogP contribution in [0.4, 0.5) is 0 Å². The van der Waals surface area contributed by atoms with Gasteiger partial charge in [-0.25, -0.2) is 4.79 Å². The minimum absolute atomic E-state index is 0.930. The van der Waals surface area contributed by atoms with Crippen molar-refractivity contribution in [2.75, 3.05) is 0 Å². The van der Waals surface area contributed by atoms with Gasteiger partial charge in [0.1, 0.15) is 0 Å². The molecule has 0 aromatic carbocycles. The van der Waals surface area contributed by atoms with Gasteiger partial charge in [-0.2, -0.15) is 0 Å². The lowest BCUT2D eigenvalue weighted by Gasteiger charge is -2.00. The average molecular weight is 331 g/mol. The molecule has 134 valence electrons. The van der Waals surface area contributed by atoms with Gasteiger partial charge in [-0.15, -0.1) is 0 Å². The zero-order valence-electron chi connectivity index (χ0n) is 15.2. The van der Waals surface area contributed by atoms with E-state index in [1.807, 2.05) is 24.3 Å². The van der Waals surface area contributed by atoms with E-state index in [2.05, 4.69) is 19.1 Å². The number of allylic oxidation sites excluding steroid dienone is 9. The van der Waals surface area contributed by atoms with Crippen molar-refractivity contribution in [1.82, 2.24) is 0 Å². The molecule has 0 heterocycles. The van der Waals surface area contributed by atoms with E-state index in [-0.39, 0.29) is 0 Å². The number of aliphatic carboxylic acids is 1. The lowest BCUT2D eigenvalue weighted by atomic mass is 10.1. The molecule has 0 amide bonds. The average Bonchev–Trinajstić information content (AvgIpc) is 2.56. The molecule has 0 aliphatic rings. The summed E-state index contributed by atoms with van der Waals surface area (Å²) >= 11 is 0. The Bertz CT molecular complexity index is 425. The normalized spacial score (nSPS) is 12.7. The molecule has 0 fully saturated rings. The van der Waals surface area contributed by atoms with E-state index < -0.39 is 5.97 Å². The van der Waals surface area contributed by atoms with E-state index >= 15 is 0 Å². The molecule has 0 aromatic rings. The SMILES string of the molecule is CCCCCCCCCCCC=CC=CC=CC=C/C=C/C(=O)O. The Labute approximate surface area is 148 Å². The third-order valence-corrected chi connectivity index (χ3v) is 3.63. The summed E-state index contributed by atoms with van der Waals surface area (Å²) < 4.78 is 0. The number of carboxylic acids is 1. The minimum Gasteiger partial charge on any atom is -0.478 e. The smallest absolute Gasteiger partial charge is 0.328 e. The van der Waals surface area contributed by atoms with Crippen LogP contribution in [0.3, 0.4) is 0 Å². The van der Waals surface area contributed by atoms with E-state index in [9.17, 15) is 4.79 Å². The largest absolute Gasteiger partial charge is 0.478 e. The van der Waals surface area contributed by atoms with Gasteiger partial charge in [0.05, 0.1) is 0 Å². The third-order valence-electron chi connectivity index (χ3n) is 3.63. The fourth-order valence-corrected chi connectivity index (χ4v) is 2.27. The number of unbranched alkanes of at least 4 members (excludes halogenated alkanes) is 9. The van der Waals surface area contributed by atoms with Crippen LogP contribution >= 0.6 is 0 Å². The first-order valence-corrected chi connectivity index (χ1v) is 9.33. The number of hydrogen-bond acceptors (Lipinski definition) is 1. The van der Waals surface area contributed by atoms with Crippen molar-refractivity contribution in [2.45, 2.75) is 71.1 Å². The molecule has 0 radical (unpaired) electrons. The minimum atomic E-state index is -0.930. The molecular weight excluding hydrogens is 296 g/mol. The number of rotatable bonds is 15. The molecule has 0 atom stereocenters. The van der Waals surface area contributed by atoms with Crippen molar-refractivity contribution in [1.29, 1.82) is 0 Å². The van der Waals surface area contributed by atoms with Crippen LogP contribution in [0.15, 0.2) is 60.8 Å². The highest BCUT2D eigenvalue weighted by atomic mass is 16.4. The maximum absolute atomic E-state index is 10.2. The van der Waals surface area contributed by atoms with E-state index in [1.165, 1.54) is 63.9 Å². The van der Waals surface area contributed by atoms with Crippen LogP contribution in [0, 0.1) is 0 Å². The van der Waals surface area contributed by atoms with Gasteiger partial charge in [0.15, 0.2) is 0 Å². The summed E-state index contributed by atoms with van der Waals surface area (Å²) in [7, 11) is 0. The molecule has 24 heavy (non-hydrogen) atoms. The number of carboxylic acid groups (broad SMARTS) is 1. The molecule has 0 aromatic heterocycles. The summed E-state index contributed by atoms with van der Waals surface area (Å²) in [6, 6.07) is 0. The van der Waals surface area contributed by atoms with Crippen LogP contribution in [0.1, 0.15) is 71.1 Å². The topological polar surface area (TPSA) is 37.3 Å². The van der Waals surface area contributed by atoms with E-state index in [4.69, 9.17) is 5.11 Å². The standard InChI is InChI=1S/C22H34O2/c1-2-3-4-5-6-7-8-9-10-11-12-13-14-15-16-17-18-19-20-21-22(23)24/h12-21H,2-11H2,1H3,(H,23,24)/b13-12?,15-14?,17-16?,19-18?,21-20+. The fourth-order valence-electron chi connectivity index (χ4n) is 2.27. The Hall–Kier alpha value is -1.83. The van der Waals surface area contributed by atoms with Crippen molar-refractivity contribution >= 4 is 5.97 Å². The maximum atomic E-state index is 10.2. The predicted molar refractivity (Wildman–Crippen MR) is 105 cm³/mol. The van der Waals surface area contributed by atoms with Crippen molar-refractivity contribution < 1.29 is 9.90 Å². The van der Waals surface area contributed by atoms with Gasteiger partial charge in [0, 0.05) is 6.08 Å². The van der Waals surface area contributed by atoms with Gasteiger partial charge in [0.25, 0.3) is 0 Å². The maximum Gasteiger partial charge on any atom is 0.328 e. The fraction of sp³-hybridized carbons (Fsp3) is 0.500. The van der Waals surface area contributed by atoms with Gasteiger partial charge < -0.3 is 5.11 Å². The molecule has 2 heteroatoms. The van der Waals surface area contributed by atoms with E-state index in [1.54, 1.807) is 12.2 Å². The van der Waals surface area contributed by atoms with Gasteiger partial charge >= 0.3 is 5.97 Å². The molecular formula is C22H34O2. The highest BCUT2D eigenvalue weighted by Crippen LogP contribution is 2.10. The Morgan fingerprint density at radius 1 is 0.667 bits per heavy atom. The molecule has 0 unspecified atom stereocenters. The molecule has 0 aliphatic carbocycles. The Kier molecular flexibility index (Phi) is 17.8. The second-order valence-electron chi connectivity index (χ2n) is 5.90. The predicted octanol–water partition coefficient (Wildman–Crippen LogP) is 6.77. The van der Waals surface area contributed by atoms with Crippen LogP contribution in [0.25, 0.3) is 0 Å². The molecule has 0 saturated heterocycles. The quantitative estimate of drug-likeness (QED) is 0.204. The first-order valence-electron chi connectivity index (χ1n) is 9.33. The number of hydrogen-bond donors (Lipinski definition) is 1. The zero-order valence-corrected chi connectivity index (χ0v) is 15.2. The summed E-state index contributed by atoms with van der Waals surface area (Å²) in [4.78, 5) is 10.2. The van der Waals surface area contributed by atoms with E-state index in [0.717, 1.165) is 12.5 Å². The molecule has 0 spiro atoms. The van der Waals surface area contributed by atoms with Crippen molar-refractivity contribution in [3.63, 3.8) is 0 Å². The van der Waals surface area contributed by atoms with Gasteiger partial charge in [-0.1, -0.05) is 113 Å². The lowest BCUT2D eigenvalue weighted by Crippen LogP contribution is -1.84. The summed E-state index contributed by atoms with van der Waals surface area (Å²) in [5.74, 6) is -0.930. The van der Waals surface area contributed by atoms with Crippen LogP contribution in [0.5, 0.6) is 0 Å². The first-order chi connectivity index (χ1) is 11.8. The van der Waals surface area contributed by atoms with Crippen LogP contribution in [-0.2, 0) is 4.79 Å². The highest BCUT2D eigenvalue weighted by Gasteiger charge is 1.90. The second kappa shape index (κ2) is 19.2. The van der Waals surface area contributed by atoms with Gasteiger partial charge in [-0.05, 0) is 12.8 Å². The summed E-state index contributed by atoms with van der Waals surface area (Å²) in [6.45, 7) is 2.26. The Morgan fingerprint density at radius 3 is 1.67 bits per heavy atom. The van der Waals surface area contributed by atoms with Crippen LogP contribution < -0.4 is 0 Å². The molecule has 0 rings (SSSR count). The first kappa shape index (κ1) is 22.2. The molecule has 2 nitrogen and oxygen atoms in total. The molecule has 0 saturated carbocycles. The van der Waals surface area contributed by atoms with Crippen LogP contribution in [0.2, 0.25) is 0 Å². The zero-order chi connectivity index (χ0) is 17.7. The van der Waals surface area contributed by atoms with E-state index in [0.29, 0.717) is 0 Å². The Morgan fingerprint density at radius 2 is 1.12 bits per heavy atom. The van der Waals surface area contributed by atoms with Gasteiger partial charge in [0.2, 0.25) is 0 Å². The monoisotopic (exact) mass is 330 g/mol. The summed E-state index contributed by atoms with van der Waals surface area (Å²) in [5, 5.41) is 8.40. The second-order valence-corrected chi connectivity index (χ2v) is 5.90. The molecule has 0 aliphatic heterocycles. The number of carbonyl (C=O) groups is 1. The van der Waals surface area contributed by atoms with Gasteiger partial charge in [-0.3, -0.25) is 0 Å². The third kappa shape index (κ3) is 20.2. The lowest BCUT2D eigenvalue weighted by molar-refractivity contribution is -0.131. The van der Waals surface area contributed by atoms with Crippen LogP contribution in [-0.4, -0.2) is 11.1 Å². The molecule has 0 bridgehead atoms. The highest BCUT2D eigenvalue weighted by molar-refractivity contribution is 5.80. The van der Waals surface area contributed by atoms with Crippen molar-refractivity contribution in [2.24, 2.45) is 0 Å². The van der Waals surface area contributed by atoms with Crippen molar-refractivity contribution in [3.05, 3.63) is 60.8 Å². The summed E-state index contributed by atoms with van der Waals surface area (Å²) in [6.07, 6.45) is 31.7. The summed E-state index contributed by atoms with van der Waals surface area (Å²) in [5.41, 5.74) is 0. The Balaban J connectivity index is 3.44. The van der Waals surface area contributed by atoms with Crippen molar-refractivity contribution in [3.8, 4) is 0 Å².